The highest BCUT2D eigenvalue weighted by Crippen LogP contribution is 2.13. The molecular weight excluding hydrogens is 282 g/mol. The van der Waals surface area contributed by atoms with Gasteiger partial charge >= 0.3 is 5.97 Å². The molecule has 0 amide bonds. The van der Waals surface area contributed by atoms with E-state index < -0.39 is 5.97 Å². The van der Waals surface area contributed by atoms with E-state index in [4.69, 9.17) is 4.74 Å². The lowest BCUT2D eigenvalue weighted by Gasteiger charge is -2.05. The summed E-state index contributed by atoms with van der Waals surface area (Å²) in [5, 5.41) is 4.06. The van der Waals surface area contributed by atoms with Crippen molar-refractivity contribution in [2.45, 2.75) is 13.5 Å². The summed E-state index contributed by atoms with van der Waals surface area (Å²) >= 11 is 0. The molecule has 0 radical (unpaired) electrons. The number of aromatic nitrogens is 3. The molecule has 2 heterocycles. The van der Waals surface area contributed by atoms with Crippen molar-refractivity contribution >= 4 is 17.3 Å². The number of hydrogen-bond donors (Lipinski definition) is 0. The lowest BCUT2D eigenvalue weighted by atomic mass is 10.1. The molecule has 0 N–H and O–H groups in total. The Bertz CT molecular complexity index is 854. The quantitative estimate of drug-likeness (QED) is 0.545. The van der Waals surface area contributed by atoms with Crippen LogP contribution in [0.1, 0.15) is 33.2 Å². The number of nitrogens with zero attached hydrogens (tertiary/aromatic N) is 3. The minimum absolute atomic E-state index is 0.0260. The fourth-order valence-electron chi connectivity index (χ4n) is 2.10. The van der Waals surface area contributed by atoms with Gasteiger partial charge in [0.25, 0.3) is 0 Å². The van der Waals surface area contributed by atoms with Crippen LogP contribution in [0.4, 0.5) is 0 Å². The summed E-state index contributed by atoms with van der Waals surface area (Å²) in [7, 11) is 0. The van der Waals surface area contributed by atoms with Crippen molar-refractivity contribution in [3.05, 3.63) is 65.7 Å². The highest BCUT2D eigenvalue weighted by molar-refractivity contribution is 5.96. The number of Topliss-reactive ketones (excluding diaryl/α,β-unsaturated/α-hetero) is 1. The molecule has 2 aromatic heterocycles. The molecule has 0 bridgehead atoms. The molecule has 0 atom stereocenters. The van der Waals surface area contributed by atoms with E-state index >= 15 is 0 Å². The molecule has 1 aromatic carbocycles. The van der Waals surface area contributed by atoms with Crippen molar-refractivity contribution in [3.63, 3.8) is 0 Å². The van der Waals surface area contributed by atoms with Crippen molar-refractivity contribution in [2.24, 2.45) is 0 Å². The van der Waals surface area contributed by atoms with E-state index in [2.05, 4.69) is 10.1 Å². The zero-order valence-electron chi connectivity index (χ0n) is 11.9. The summed E-state index contributed by atoms with van der Waals surface area (Å²) in [5.41, 5.74) is 2.30. The number of carbonyl (C=O) groups excluding carboxylic acids is 2. The number of esters is 1. The predicted molar refractivity (Wildman–Crippen MR) is 78.6 cm³/mol. The molecule has 6 heteroatoms. The average Bonchev–Trinajstić information content (AvgIpc) is 2.97. The standard InChI is InChI=1S/C16H13N3O3/c1-11(20)13-4-2-3-12(7-13)10-22-16(21)14-8-18-19-6-5-17-9-15(14)19/h2-9H,10H2,1H3. The second-order valence-corrected chi connectivity index (χ2v) is 4.80. The van der Waals surface area contributed by atoms with Crippen LogP contribution in [0.5, 0.6) is 0 Å². The van der Waals surface area contributed by atoms with Crippen LogP contribution in [0.2, 0.25) is 0 Å². The predicted octanol–water partition coefficient (Wildman–Crippen LogP) is 2.29. The molecule has 0 saturated heterocycles. The zero-order valence-corrected chi connectivity index (χ0v) is 11.9. The Morgan fingerprint density at radius 2 is 2.14 bits per heavy atom. The fourth-order valence-corrected chi connectivity index (χ4v) is 2.10. The largest absolute Gasteiger partial charge is 0.457 e. The summed E-state index contributed by atoms with van der Waals surface area (Å²) in [6.45, 7) is 1.59. The van der Waals surface area contributed by atoms with Gasteiger partial charge in [-0.15, -0.1) is 0 Å². The highest BCUT2D eigenvalue weighted by Gasteiger charge is 2.14. The molecule has 0 unspecified atom stereocenters. The molecule has 0 spiro atoms. The van der Waals surface area contributed by atoms with Crippen molar-refractivity contribution in [1.29, 1.82) is 0 Å². The number of benzene rings is 1. The minimum Gasteiger partial charge on any atom is -0.457 e. The molecule has 110 valence electrons. The molecule has 0 aliphatic heterocycles. The second-order valence-electron chi connectivity index (χ2n) is 4.80. The van der Waals surface area contributed by atoms with E-state index in [9.17, 15) is 9.59 Å². The number of fused-ring (bicyclic) bond motifs is 1. The minimum atomic E-state index is -0.476. The van der Waals surface area contributed by atoms with Crippen molar-refractivity contribution in [3.8, 4) is 0 Å². The van der Waals surface area contributed by atoms with Gasteiger partial charge in [0.1, 0.15) is 12.2 Å². The molecule has 3 aromatic rings. The number of carbonyl (C=O) groups is 2. The van der Waals surface area contributed by atoms with Gasteiger partial charge in [0.2, 0.25) is 0 Å². The van der Waals surface area contributed by atoms with E-state index in [1.165, 1.54) is 13.1 Å². The average molecular weight is 295 g/mol. The molecule has 0 fully saturated rings. The van der Waals surface area contributed by atoms with Crippen LogP contribution in [-0.2, 0) is 11.3 Å². The Labute approximate surface area is 126 Å². The maximum Gasteiger partial charge on any atom is 0.342 e. The molecular formula is C16H13N3O3. The van der Waals surface area contributed by atoms with E-state index in [0.29, 0.717) is 16.6 Å². The first-order valence-electron chi connectivity index (χ1n) is 6.69. The van der Waals surface area contributed by atoms with Crippen LogP contribution in [-0.4, -0.2) is 26.4 Å². The second kappa shape index (κ2) is 5.77. The van der Waals surface area contributed by atoms with Crippen molar-refractivity contribution < 1.29 is 14.3 Å². The van der Waals surface area contributed by atoms with E-state index in [-0.39, 0.29) is 12.4 Å². The van der Waals surface area contributed by atoms with Crippen LogP contribution in [0.3, 0.4) is 0 Å². The Hall–Kier alpha value is -3.02. The summed E-state index contributed by atoms with van der Waals surface area (Å²) in [4.78, 5) is 27.5. The van der Waals surface area contributed by atoms with Gasteiger partial charge in [-0.1, -0.05) is 18.2 Å². The lowest BCUT2D eigenvalue weighted by molar-refractivity contribution is 0.0475. The Balaban J connectivity index is 1.75. The van der Waals surface area contributed by atoms with Crippen LogP contribution in [0.15, 0.2) is 49.1 Å². The number of rotatable bonds is 4. The summed E-state index contributed by atoms with van der Waals surface area (Å²) in [5.74, 6) is -0.502. The van der Waals surface area contributed by atoms with Gasteiger partial charge in [0.15, 0.2) is 5.78 Å². The first kappa shape index (κ1) is 13.9. The molecule has 6 nitrogen and oxygen atoms in total. The van der Waals surface area contributed by atoms with Crippen molar-refractivity contribution in [2.75, 3.05) is 0 Å². The molecule has 22 heavy (non-hydrogen) atoms. The van der Waals surface area contributed by atoms with Gasteiger partial charge < -0.3 is 4.74 Å². The molecule has 0 saturated carbocycles. The Kier molecular flexibility index (Phi) is 3.65. The molecule has 0 aliphatic rings. The SMILES string of the molecule is CC(=O)c1cccc(COC(=O)c2cnn3ccncc23)c1. The van der Waals surface area contributed by atoms with Gasteiger partial charge in [-0.2, -0.15) is 5.10 Å². The third-order valence-corrected chi connectivity index (χ3v) is 3.25. The van der Waals surface area contributed by atoms with Crippen LogP contribution < -0.4 is 0 Å². The van der Waals surface area contributed by atoms with Gasteiger partial charge in [-0.25, -0.2) is 9.31 Å². The monoisotopic (exact) mass is 295 g/mol. The van der Waals surface area contributed by atoms with Gasteiger partial charge in [-0.3, -0.25) is 9.78 Å². The number of hydrogen-bond acceptors (Lipinski definition) is 5. The Morgan fingerprint density at radius 1 is 1.27 bits per heavy atom. The third kappa shape index (κ3) is 2.71. The first-order valence-corrected chi connectivity index (χ1v) is 6.69. The maximum absolute atomic E-state index is 12.1. The van der Waals surface area contributed by atoms with Crippen LogP contribution in [0, 0.1) is 0 Å². The first-order chi connectivity index (χ1) is 10.6. The van der Waals surface area contributed by atoms with Gasteiger partial charge in [0, 0.05) is 18.0 Å². The fraction of sp³-hybridized carbons (Fsp3) is 0.125. The smallest absolute Gasteiger partial charge is 0.342 e. The van der Waals surface area contributed by atoms with Crippen molar-refractivity contribution in [1.82, 2.24) is 14.6 Å². The summed E-state index contributed by atoms with van der Waals surface area (Å²) < 4.78 is 6.84. The topological polar surface area (TPSA) is 73.6 Å². The van der Waals surface area contributed by atoms with Crippen LogP contribution >= 0.6 is 0 Å². The number of ketones is 1. The van der Waals surface area contributed by atoms with Crippen LogP contribution in [0.25, 0.3) is 5.52 Å². The third-order valence-electron chi connectivity index (χ3n) is 3.25. The molecule has 3 rings (SSSR count). The Morgan fingerprint density at radius 3 is 2.95 bits per heavy atom. The maximum atomic E-state index is 12.1. The van der Waals surface area contributed by atoms with E-state index in [0.717, 1.165) is 5.56 Å². The van der Waals surface area contributed by atoms with Gasteiger partial charge in [0.05, 0.1) is 17.9 Å². The van der Waals surface area contributed by atoms with E-state index in [1.807, 2.05) is 0 Å². The van der Waals surface area contributed by atoms with E-state index in [1.54, 1.807) is 47.4 Å². The zero-order chi connectivity index (χ0) is 15.5. The summed E-state index contributed by atoms with van der Waals surface area (Å²) in [6, 6.07) is 7.01. The summed E-state index contributed by atoms with van der Waals surface area (Å²) in [6.07, 6.45) is 6.25. The lowest BCUT2D eigenvalue weighted by Crippen LogP contribution is -2.05. The van der Waals surface area contributed by atoms with Gasteiger partial charge in [-0.05, 0) is 18.6 Å². The highest BCUT2D eigenvalue weighted by atomic mass is 16.5. The molecule has 0 aliphatic carbocycles. The number of ether oxygens (including phenoxy) is 1. The normalized spacial score (nSPS) is 10.6.